The van der Waals surface area contributed by atoms with E-state index in [0.29, 0.717) is 0 Å². The van der Waals surface area contributed by atoms with Crippen LogP contribution in [0.5, 0.6) is 0 Å². The van der Waals surface area contributed by atoms with E-state index in [1.165, 1.54) is 0 Å². The smallest absolute Gasteiger partial charge is 0.141 e. The van der Waals surface area contributed by atoms with E-state index in [2.05, 4.69) is 15.0 Å². The highest BCUT2D eigenvalue weighted by Gasteiger charge is 2.08. The summed E-state index contributed by atoms with van der Waals surface area (Å²) in [5, 5.41) is 1.01. The molecule has 0 unspecified atom stereocenters. The van der Waals surface area contributed by atoms with Gasteiger partial charge in [0, 0.05) is 17.1 Å². The summed E-state index contributed by atoms with van der Waals surface area (Å²) in [5.41, 5.74) is 2.73. The predicted octanol–water partition coefficient (Wildman–Crippen LogP) is 2.53. The molecular formula is C11H9N3O. The standard InChI is InChI=1S/C11H9N3O/c1-7-4-8(5-15-7)10-9-2-3-12-11(9)14-6-13-10/h2-6H,1H3,(H,12,13,14). The summed E-state index contributed by atoms with van der Waals surface area (Å²) < 4.78 is 5.27. The van der Waals surface area contributed by atoms with Crippen molar-refractivity contribution in [1.29, 1.82) is 0 Å². The zero-order chi connectivity index (χ0) is 10.3. The molecule has 74 valence electrons. The fourth-order valence-corrected chi connectivity index (χ4v) is 1.67. The summed E-state index contributed by atoms with van der Waals surface area (Å²) in [7, 11) is 0. The van der Waals surface area contributed by atoms with Gasteiger partial charge in [-0.15, -0.1) is 0 Å². The maximum Gasteiger partial charge on any atom is 0.141 e. The van der Waals surface area contributed by atoms with Gasteiger partial charge in [-0.2, -0.15) is 0 Å². The van der Waals surface area contributed by atoms with Crippen molar-refractivity contribution in [2.75, 3.05) is 0 Å². The quantitative estimate of drug-likeness (QED) is 0.655. The van der Waals surface area contributed by atoms with Gasteiger partial charge in [-0.3, -0.25) is 0 Å². The van der Waals surface area contributed by atoms with E-state index in [-0.39, 0.29) is 0 Å². The van der Waals surface area contributed by atoms with Gasteiger partial charge in [0.15, 0.2) is 0 Å². The Morgan fingerprint density at radius 2 is 2.27 bits per heavy atom. The summed E-state index contributed by atoms with van der Waals surface area (Å²) >= 11 is 0. The van der Waals surface area contributed by atoms with E-state index in [4.69, 9.17) is 4.42 Å². The second-order valence-corrected chi connectivity index (χ2v) is 3.41. The van der Waals surface area contributed by atoms with E-state index in [1.54, 1.807) is 12.6 Å². The Hall–Kier alpha value is -2.10. The molecule has 0 aliphatic carbocycles. The molecule has 0 bridgehead atoms. The predicted molar refractivity (Wildman–Crippen MR) is 56.3 cm³/mol. The van der Waals surface area contributed by atoms with Crippen molar-refractivity contribution < 1.29 is 4.42 Å². The average molecular weight is 199 g/mol. The van der Waals surface area contributed by atoms with Crippen LogP contribution >= 0.6 is 0 Å². The number of fused-ring (bicyclic) bond motifs is 1. The first-order chi connectivity index (χ1) is 7.34. The third kappa shape index (κ3) is 1.22. The van der Waals surface area contributed by atoms with Gasteiger partial charge in [-0.1, -0.05) is 0 Å². The summed E-state index contributed by atoms with van der Waals surface area (Å²) in [6.07, 6.45) is 5.12. The van der Waals surface area contributed by atoms with Gasteiger partial charge < -0.3 is 9.40 Å². The molecule has 3 heterocycles. The van der Waals surface area contributed by atoms with Crippen LogP contribution in [0.3, 0.4) is 0 Å². The molecule has 0 saturated carbocycles. The molecule has 0 aliphatic rings. The highest BCUT2D eigenvalue weighted by Crippen LogP contribution is 2.25. The van der Waals surface area contributed by atoms with Crippen LogP contribution in [-0.2, 0) is 0 Å². The lowest BCUT2D eigenvalue weighted by molar-refractivity contribution is 0.535. The molecule has 0 aromatic carbocycles. The molecule has 3 aromatic heterocycles. The molecule has 0 aliphatic heterocycles. The maximum absolute atomic E-state index is 5.27. The zero-order valence-electron chi connectivity index (χ0n) is 8.19. The largest absolute Gasteiger partial charge is 0.469 e. The second-order valence-electron chi connectivity index (χ2n) is 3.41. The van der Waals surface area contributed by atoms with E-state index < -0.39 is 0 Å². The summed E-state index contributed by atoms with van der Waals surface area (Å²) in [6.45, 7) is 1.92. The van der Waals surface area contributed by atoms with Crippen LogP contribution < -0.4 is 0 Å². The molecule has 4 heteroatoms. The Bertz CT molecular complexity index is 609. The monoisotopic (exact) mass is 199 g/mol. The van der Waals surface area contributed by atoms with Crippen LogP contribution in [0.4, 0.5) is 0 Å². The second kappa shape index (κ2) is 2.95. The maximum atomic E-state index is 5.27. The molecular weight excluding hydrogens is 190 g/mol. The Kier molecular flexibility index (Phi) is 1.62. The number of aromatic amines is 1. The van der Waals surface area contributed by atoms with Crippen LogP contribution in [0, 0.1) is 6.92 Å². The van der Waals surface area contributed by atoms with Crippen molar-refractivity contribution in [2.45, 2.75) is 6.92 Å². The Balaban J connectivity index is 2.30. The van der Waals surface area contributed by atoms with E-state index in [0.717, 1.165) is 28.1 Å². The summed E-state index contributed by atoms with van der Waals surface area (Å²) in [6, 6.07) is 3.93. The molecule has 0 spiro atoms. The lowest BCUT2D eigenvalue weighted by atomic mass is 10.2. The number of hydrogen-bond acceptors (Lipinski definition) is 3. The number of aryl methyl sites for hydroxylation is 1. The van der Waals surface area contributed by atoms with Gasteiger partial charge in [0.25, 0.3) is 0 Å². The molecule has 0 saturated heterocycles. The number of rotatable bonds is 1. The van der Waals surface area contributed by atoms with Crippen molar-refractivity contribution in [3.8, 4) is 11.3 Å². The van der Waals surface area contributed by atoms with Crippen LogP contribution in [0.1, 0.15) is 5.76 Å². The van der Waals surface area contributed by atoms with Gasteiger partial charge in [0.05, 0.1) is 5.69 Å². The van der Waals surface area contributed by atoms with Gasteiger partial charge in [-0.05, 0) is 19.1 Å². The van der Waals surface area contributed by atoms with E-state index >= 15 is 0 Å². The number of aromatic nitrogens is 3. The molecule has 3 rings (SSSR count). The fraction of sp³-hybridized carbons (Fsp3) is 0.0909. The number of nitrogens with zero attached hydrogens (tertiary/aromatic N) is 2. The minimum atomic E-state index is 0.846. The number of hydrogen-bond donors (Lipinski definition) is 1. The van der Waals surface area contributed by atoms with Gasteiger partial charge in [0.1, 0.15) is 24.0 Å². The van der Waals surface area contributed by atoms with Crippen molar-refractivity contribution >= 4 is 11.0 Å². The number of H-pyrrole nitrogens is 1. The highest BCUT2D eigenvalue weighted by atomic mass is 16.3. The Labute approximate surface area is 86.0 Å². The normalized spacial score (nSPS) is 11.0. The first-order valence-corrected chi connectivity index (χ1v) is 4.68. The molecule has 3 aromatic rings. The summed E-state index contributed by atoms with van der Waals surface area (Å²) in [5.74, 6) is 0.882. The zero-order valence-corrected chi connectivity index (χ0v) is 8.19. The minimum Gasteiger partial charge on any atom is -0.469 e. The topological polar surface area (TPSA) is 54.7 Å². The fourth-order valence-electron chi connectivity index (χ4n) is 1.67. The van der Waals surface area contributed by atoms with E-state index in [1.807, 2.05) is 25.3 Å². The third-order valence-electron chi connectivity index (χ3n) is 2.36. The first kappa shape index (κ1) is 8.23. The molecule has 1 N–H and O–H groups in total. The van der Waals surface area contributed by atoms with E-state index in [9.17, 15) is 0 Å². The van der Waals surface area contributed by atoms with Crippen LogP contribution in [0.2, 0.25) is 0 Å². The van der Waals surface area contributed by atoms with Crippen molar-refractivity contribution in [2.24, 2.45) is 0 Å². The Morgan fingerprint density at radius 3 is 3.07 bits per heavy atom. The molecule has 0 radical (unpaired) electrons. The average Bonchev–Trinajstić information content (AvgIpc) is 2.84. The van der Waals surface area contributed by atoms with Crippen molar-refractivity contribution in [3.05, 3.63) is 36.7 Å². The minimum absolute atomic E-state index is 0.846. The van der Waals surface area contributed by atoms with Gasteiger partial charge in [-0.25, -0.2) is 9.97 Å². The lowest BCUT2D eigenvalue weighted by Crippen LogP contribution is -1.85. The molecule has 0 fully saturated rings. The van der Waals surface area contributed by atoms with Crippen LogP contribution in [0.25, 0.3) is 22.3 Å². The SMILES string of the molecule is Cc1cc(-c2ncnc3[nH]ccc23)co1. The molecule has 0 atom stereocenters. The number of nitrogens with one attached hydrogen (secondary N) is 1. The van der Waals surface area contributed by atoms with Crippen molar-refractivity contribution in [1.82, 2.24) is 15.0 Å². The first-order valence-electron chi connectivity index (χ1n) is 4.68. The lowest BCUT2D eigenvalue weighted by Gasteiger charge is -1.96. The molecule has 15 heavy (non-hydrogen) atoms. The third-order valence-corrected chi connectivity index (χ3v) is 2.36. The van der Waals surface area contributed by atoms with Gasteiger partial charge >= 0.3 is 0 Å². The van der Waals surface area contributed by atoms with Crippen LogP contribution in [0.15, 0.2) is 35.3 Å². The highest BCUT2D eigenvalue weighted by molar-refractivity contribution is 5.90. The van der Waals surface area contributed by atoms with Gasteiger partial charge in [0.2, 0.25) is 0 Å². The molecule has 4 nitrogen and oxygen atoms in total. The van der Waals surface area contributed by atoms with Crippen LogP contribution in [-0.4, -0.2) is 15.0 Å². The van der Waals surface area contributed by atoms with Crippen molar-refractivity contribution in [3.63, 3.8) is 0 Å². The number of furan rings is 1. The Morgan fingerprint density at radius 1 is 1.33 bits per heavy atom. The molecule has 0 amide bonds. The summed E-state index contributed by atoms with van der Waals surface area (Å²) in [4.78, 5) is 11.5.